The van der Waals surface area contributed by atoms with Gasteiger partial charge in [0.15, 0.2) is 0 Å². The molecular weight excluding hydrogens is 575 g/mol. The summed E-state index contributed by atoms with van der Waals surface area (Å²) in [6.07, 6.45) is 3.71. The van der Waals surface area contributed by atoms with E-state index in [9.17, 15) is 14.4 Å². The number of likely N-dealkylation sites (tertiary alicyclic amines) is 1. The fourth-order valence-corrected chi connectivity index (χ4v) is 6.55. The molecule has 0 bridgehead atoms. The lowest BCUT2D eigenvalue weighted by Crippen LogP contribution is -2.54. The number of hydrogen-bond donors (Lipinski definition) is 1. The number of ether oxygens (including phenoxy) is 1. The van der Waals surface area contributed by atoms with E-state index < -0.39 is 5.97 Å². The van der Waals surface area contributed by atoms with Crippen molar-refractivity contribution in [1.29, 1.82) is 0 Å². The van der Waals surface area contributed by atoms with Gasteiger partial charge in [-0.05, 0) is 67.6 Å². The van der Waals surface area contributed by atoms with Gasteiger partial charge in [0.25, 0.3) is 5.91 Å². The van der Waals surface area contributed by atoms with Gasteiger partial charge in [-0.2, -0.15) is 0 Å². The van der Waals surface area contributed by atoms with Gasteiger partial charge in [-0.1, -0.05) is 35.3 Å². The van der Waals surface area contributed by atoms with Gasteiger partial charge in [-0.3, -0.25) is 9.59 Å². The molecule has 8 nitrogen and oxygen atoms in total. The number of benzene rings is 2. The molecule has 2 aromatic rings. The first-order valence-corrected chi connectivity index (χ1v) is 14.3. The molecule has 40 heavy (non-hydrogen) atoms. The van der Waals surface area contributed by atoms with E-state index in [2.05, 4.69) is 10.2 Å². The zero-order valence-corrected chi connectivity index (χ0v) is 25.0. The maximum absolute atomic E-state index is 13.3. The Kier molecular flexibility index (Phi) is 9.88. The number of nitrogens with zero attached hydrogens (tertiary/aromatic N) is 3. The average molecular weight is 610 g/mol. The zero-order valence-electron chi connectivity index (χ0n) is 22.7. The molecule has 2 atom stereocenters. The van der Waals surface area contributed by atoms with Crippen molar-refractivity contribution in [1.82, 2.24) is 20.0 Å². The molecule has 0 spiro atoms. The molecule has 3 heterocycles. The van der Waals surface area contributed by atoms with E-state index in [0.717, 1.165) is 69.5 Å². The van der Waals surface area contributed by atoms with E-state index in [1.54, 1.807) is 17.0 Å². The standard InChI is InChI=1S/C29H34Cl2N4O4.ClH/c1-18(36)39-21-5-6-23-24(17-21)28(37)33(2)27(23)22(19-4-7-25(30)26(31)16-19)10-15-34-13-8-20(9-14-34)35-12-3-11-32-29(35)38;/h4-7,16-17,20,22,27H,3,8-15H2,1-2H3,(H,32,38);1H. The quantitative estimate of drug-likeness (QED) is 0.330. The number of carbonyl (C=O) groups is 3. The Labute approximate surface area is 251 Å². The minimum Gasteiger partial charge on any atom is -0.427 e. The van der Waals surface area contributed by atoms with Crippen molar-refractivity contribution in [2.24, 2.45) is 0 Å². The molecule has 2 unspecified atom stereocenters. The molecule has 5 rings (SSSR count). The Balaban J connectivity index is 0.00000370. The van der Waals surface area contributed by atoms with Crippen molar-refractivity contribution >= 4 is 53.5 Å². The molecule has 3 aliphatic heterocycles. The van der Waals surface area contributed by atoms with Crippen LogP contribution < -0.4 is 10.1 Å². The molecule has 2 aromatic carbocycles. The van der Waals surface area contributed by atoms with Crippen LogP contribution in [0.5, 0.6) is 5.75 Å². The number of urea groups is 1. The third kappa shape index (κ3) is 6.35. The van der Waals surface area contributed by atoms with Gasteiger partial charge >= 0.3 is 12.0 Å². The fourth-order valence-electron chi connectivity index (χ4n) is 6.24. The topological polar surface area (TPSA) is 82.2 Å². The molecule has 1 N–H and O–H groups in total. The molecule has 0 saturated carbocycles. The fraction of sp³-hybridized carbons (Fsp3) is 0.483. The third-order valence-corrected chi connectivity index (χ3v) is 8.93. The highest BCUT2D eigenvalue weighted by atomic mass is 35.5. The Morgan fingerprint density at radius 1 is 1.07 bits per heavy atom. The summed E-state index contributed by atoms with van der Waals surface area (Å²) in [7, 11) is 1.82. The van der Waals surface area contributed by atoms with E-state index in [-0.39, 0.29) is 42.3 Å². The molecule has 3 aliphatic rings. The van der Waals surface area contributed by atoms with Gasteiger partial charge in [0, 0.05) is 57.7 Å². The van der Waals surface area contributed by atoms with E-state index in [0.29, 0.717) is 21.4 Å². The number of likely N-dealkylation sites (N-methyl/N-ethyl adjacent to an activating group) is 1. The number of halogens is 3. The lowest BCUT2D eigenvalue weighted by molar-refractivity contribution is -0.131. The Hall–Kier alpha value is -2.52. The molecule has 0 aliphatic carbocycles. The minimum atomic E-state index is -0.427. The van der Waals surface area contributed by atoms with Gasteiger partial charge in [-0.25, -0.2) is 4.79 Å². The van der Waals surface area contributed by atoms with Crippen LogP contribution in [0, 0.1) is 0 Å². The van der Waals surface area contributed by atoms with Gasteiger partial charge in [-0.15, -0.1) is 12.4 Å². The van der Waals surface area contributed by atoms with Crippen LogP contribution in [0.15, 0.2) is 36.4 Å². The molecule has 2 saturated heterocycles. The second-order valence-corrected chi connectivity index (χ2v) is 11.4. The maximum atomic E-state index is 13.3. The Bertz CT molecular complexity index is 1270. The highest BCUT2D eigenvalue weighted by Gasteiger charge is 2.40. The number of esters is 1. The lowest BCUT2D eigenvalue weighted by Gasteiger charge is -2.40. The summed E-state index contributed by atoms with van der Waals surface area (Å²) >= 11 is 12.7. The molecule has 2 fully saturated rings. The second kappa shape index (κ2) is 13.0. The number of rotatable bonds is 7. The molecule has 3 amide bonds. The monoisotopic (exact) mass is 608 g/mol. The third-order valence-electron chi connectivity index (χ3n) is 8.19. The largest absolute Gasteiger partial charge is 0.427 e. The smallest absolute Gasteiger partial charge is 0.317 e. The summed E-state index contributed by atoms with van der Waals surface area (Å²) in [6, 6.07) is 11.1. The molecular formula is C29H35Cl3N4O4. The Morgan fingerprint density at radius 3 is 2.50 bits per heavy atom. The molecule has 216 valence electrons. The molecule has 11 heteroatoms. The summed E-state index contributed by atoms with van der Waals surface area (Å²) in [5.41, 5.74) is 2.47. The highest BCUT2D eigenvalue weighted by Crippen LogP contribution is 2.46. The number of nitrogens with one attached hydrogen (secondary N) is 1. The summed E-state index contributed by atoms with van der Waals surface area (Å²) in [6.45, 7) is 5.62. The number of fused-ring (bicyclic) bond motifs is 1. The summed E-state index contributed by atoms with van der Waals surface area (Å²) < 4.78 is 5.24. The van der Waals surface area contributed by atoms with Crippen molar-refractivity contribution in [3.8, 4) is 5.75 Å². The summed E-state index contributed by atoms with van der Waals surface area (Å²) in [5.74, 6) is -0.196. The molecule has 0 aromatic heterocycles. The van der Waals surface area contributed by atoms with Crippen LogP contribution in [0.4, 0.5) is 4.79 Å². The van der Waals surface area contributed by atoms with Gasteiger partial charge < -0.3 is 24.8 Å². The van der Waals surface area contributed by atoms with Crippen LogP contribution in [-0.2, 0) is 4.79 Å². The predicted octanol–water partition coefficient (Wildman–Crippen LogP) is 5.52. The van der Waals surface area contributed by atoms with Crippen LogP contribution in [0.2, 0.25) is 10.0 Å². The van der Waals surface area contributed by atoms with E-state index in [4.69, 9.17) is 27.9 Å². The number of amides is 3. The highest BCUT2D eigenvalue weighted by molar-refractivity contribution is 6.42. The first kappa shape index (κ1) is 30.4. The minimum absolute atomic E-state index is 0. The van der Waals surface area contributed by atoms with Crippen LogP contribution in [0.3, 0.4) is 0 Å². The second-order valence-electron chi connectivity index (χ2n) is 10.6. The number of hydrogen-bond acceptors (Lipinski definition) is 5. The zero-order chi connectivity index (χ0) is 27.7. The maximum Gasteiger partial charge on any atom is 0.317 e. The first-order valence-electron chi connectivity index (χ1n) is 13.5. The van der Waals surface area contributed by atoms with Crippen molar-refractivity contribution in [2.75, 3.05) is 39.8 Å². The van der Waals surface area contributed by atoms with E-state index in [1.807, 2.05) is 36.2 Å². The van der Waals surface area contributed by atoms with Crippen LogP contribution in [-0.4, -0.2) is 78.4 Å². The lowest BCUT2D eigenvalue weighted by atomic mass is 9.84. The average Bonchev–Trinajstić information content (AvgIpc) is 3.16. The number of piperidine rings is 1. The van der Waals surface area contributed by atoms with Crippen LogP contribution in [0.1, 0.15) is 66.1 Å². The van der Waals surface area contributed by atoms with Gasteiger partial charge in [0.05, 0.1) is 16.1 Å². The SMILES string of the molecule is CC(=O)Oc1ccc2c(c1)C(=O)N(C)C2C(CCN1CCC(N2CCCNC2=O)CC1)c1ccc(Cl)c(Cl)c1.Cl. The summed E-state index contributed by atoms with van der Waals surface area (Å²) in [5, 5.41) is 3.94. The van der Waals surface area contributed by atoms with Gasteiger partial charge in [0.2, 0.25) is 0 Å². The van der Waals surface area contributed by atoms with E-state index >= 15 is 0 Å². The predicted molar refractivity (Wildman–Crippen MR) is 158 cm³/mol. The first-order chi connectivity index (χ1) is 18.7. The summed E-state index contributed by atoms with van der Waals surface area (Å²) in [4.78, 5) is 43.3. The van der Waals surface area contributed by atoms with Crippen LogP contribution >= 0.6 is 35.6 Å². The van der Waals surface area contributed by atoms with Crippen molar-refractivity contribution < 1.29 is 19.1 Å². The Morgan fingerprint density at radius 2 is 1.82 bits per heavy atom. The number of carbonyl (C=O) groups excluding carboxylic acids is 3. The van der Waals surface area contributed by atoms with Crippen molar-refractivity contribution in [3.05, 3.63) is 63.1 Å². The van der Waals surface area contributed by atoms with Gasteiger partial charge in [0.1, 0.15) is 5.75 Å². The van der Waals surface area contributed by atoms with Crippen molar-refractivity contribution in [3.63, 3.8) is 0 Å². The van der Waals surface area contributed by atoms with E-state index in [1.165, 1.54) is 6.92 Å². The molecule has 0 radical (unpaired) electrons. The normalized spacial score (nSPS) is 20.6. The van der Waals surface area contributed by atoms with Crippen molar-refractivity contribution in [2.45, 2.75) is 50.6 Å². The van der Waals surface area contributed by atoms with Crippen LogP contribution in [0.25, 0.3) is 0 Å².